The van der Waals surface area contributed by atoms with Crippen LogP contribution in [0.5, 0.6) is 0 Å². The molecule has 146 valence electrons. The molecule has 8 nitrogen and oxygen atoms in total. The first-order chi connectivity index (χ1) is 13.0. The van der Waals surface area contributed by atoms with E-state index in [1.165, 1.54) is 6.20 Å². The van der Waals surface area contributed by atoms with Crippen molar-refractivity contribution in [1.29, 1.82) is 0 Å². The fourth-order valence-corrected chi connectivity index (χ4v) is 3.39. The first-order valence-electron chi connectivity index (χ1n) is 9.42. The standard InChI is InChI=1S/C19H26N4O4/c1-13(2)18(25)23-7-3-4-15(23)17(24)21-16-6-5-14(12-20-16)19(26)22-8-10-27-11-9-22/h5-6,12-13,15H,3-4,7-11H2,1-2H3,(H,20,21,24). The Balaban J connectivity index is 1.61. The lowest BCUT2D eigenvalue weighted by atomic mass is 10.1. The first kappa shape index (κ1) is 19.3. The first-order valence-corrected chi connectivity index (χ1v) is 9.42. The molecule has 3 heterocycles. The average molecular weight is 374 g/mol. The van der Waals surface area contributed by atoms with Gasteiger partial charge in [0.1, 0.15) is 11.9 Å². The van der Waals surface area contributed by atoms with Crippen molar-refractivity contribution in [2.75, 3.05) is 38.2 Å². The number of nitrogens with zero attached hydrogens (tertiary/aromatic N) is 3. The number of anilines is 1. The Morgan fingerprint density at radius 2 is 1.93 bits per heavy atom. The zero-order valence-corrected chi connectivity index (χ0v) is 15.8. The molecule has 27 heavy (non-hydrogen) atoms. The van der Waals surface area contributed by atoms with Crippen LogP contribution in [0, 0.1) is 5.92 Å². The Morgan fingerprint density at radius 3 is 2.56 bits per heavy atom. The Kier molecular flexibility index (Phi) is 6.05. The van der Waals surface area contributed by atoms with E-state index in [1.54, 1.807) is 21.9 Å². The molecular weight excluding hydrogens is 348 g/mol. The third-order valence-corrected chi connectivity index (χ3v) is 4.89. The van der Waals surface area contributed by atoms with Gasteiger partial charge in [0.25, 0.3) is 5.91 Å². The fourth-order valence-electron chi connectivity index (χ4n) is 3.39. The average Bonchev–Trinajstić information content (AvgIpc) is 3.18. The highest BCUT2D eigenvalue weighted by molar-refractivity contribution is 5.98. The van der Waals surface area contributed by atoms with Crippen molar-refractivity contribution in [3.8, 4) is 0 Å². The molecule has 0 bridgehead atoms. The largest absolute Gasteiger partial charge is 0.378 e. The lowest BCUT2D eigenvalue weighted by Gasteiger charge is -2.27. The Bertz CT molecular complexity index is 698. The van der Waals surface area contributed by atoms with Crippen molar-refractivity contribution >= 4 is 23.5 Å². The summed E-state index contributed by atoms with van der Waals surface area (Å²) in [5, 5.41) is 2.76. The van der Waals surface area contributed by atoms with E-state index >= 15 is 0 Å². The van der Waals surface area contributed by atoms with E-state index in [4.69, 9.17) is 4.74 Å². The van der Waals surface area contributed by atoms with E-state index in [0.717, 1.165) is 6.42 Å². The highest BCUT2D eigenvalue weighted by Gasteiger charge is 2.35. The van der Waals surface area contributed by atoms with Crippen LogP contribution in [-0.4, -0.2) is 71.4 Å². The van der Waals surface area contributed by atoms with Gasteiger partial charge in [0, 0.05) is 31.7 Å². The number of morpholine rings is 1. The van der Waals surface area contributed by atoms with Crippen LogP contribution >= 0.6 is 0 Å². The smallest absolute Gasteiger partial charge is 0.255 e. The van der Waals surface area contributed by atoms with Crippen molar-refractivity contribution in [2.45, 2.75) is 32.7 Å². The molecule has 0 aromatic carbocycles. The third kappa shape index (κ3) is 4.44. The summed E-state index contributed by atoms with van der Waals surface area (Å²) in [5.41, 5.74) is 0.479. The summed E-state index contributed by atoms with van der Waals surface area (Å²) in [6.45, 7) is 6.50. The van der Waals surface area contributed by atoms with E-state index in [2.05, 4.69) is 10.3 Å². The van der Waals surface area contributed by atoms with Crippen LogP contribution in [0.3, 0.4) is 0 Å². The van der Waals surface area contributed by atoms with Gasteiger partial charge >= 0.3 is 0 Å². The number of aromatic nitrogens is 1. The molecule has 1 aromatic rings. The highest BCUT2D eigenvalue weighted by Crippen LogP contribution is 2.21. The number of hydrogen-bond donors (Lipinski definition) is 1. The topological polar surface area (TPSA) is 91.8 Å². The summed E-state index contributed by atoms with van der Waals surface area (Å²) in [7, 11) is 0. The summed E-state index contributed by atoms with van der Waals surface area (Å²) < 4.78 is 5.25. The predicted molar refractivity (Wildman–Crippen MR) is 99.2 cm³/mol. The number of likely N-dealkylation sites (tertiary alicyclic amines) is 1. The molecule has 0 saturated carbocycles. The summed E-state index contributed by atoms with van der Waals surface area (Å²) in [6, 6.07) is 2.82. The molecule has 3 rings (SSSR count). The van der Waals surface area contributed by atoms with Gasteiger partial charge in [-0.15, -0.1) is 0 Å². The molecule has 0 aliphatic carbocycles. The number of rotatable bonds is 4. The van der Waals surface area contributed by atoms with Gasteiger partial charge in [-0.1, -0.05) is 13.8 Å². The van der Waals surface area contributed by atoms with E-state index in [0.29, 0.717) is 50.7 Å². The molecular formula is C19H26N4O4. The van der Waals surface area contributed by atoms with Crippen LogP contribution in [0.4, 0.5) is 5.82 Å². The van der Waals surface area contributed by atoms with Crippen molar-refractivity contribution < 1.29 is 19.1 Å². The maximum absolute atomic E-state index is 12.6. The van der Waals surface area contributed by atoms with E-state index in [-0.39, 0.29) is 23.6 Å². The van der Waals surface area contributed by atoms with Gasteiger partial charge < -0.3 is 19.9 Å². The molecule has 1 atom stereocenters. The maximum atomic E-state index is 12.6. The molecule has 1 unspecified atom stereocenters. The number of amides is 3. The zero-order chi connectivity index (χ0) is 19.4. The minimum Gasteiger partial charge on any atom is -0.378 e. The van der Waals surface area contributed by atoms with Gasteiger partial charge in [-0.25, -0.2) is 4.98 Å². The predicted octanol–water partition coefficient (Wildman–Crippen LogP) is 1.14. The van der Waals surface area contributed by atoms with Crippen molar-refractivity contribution in [3.63, 3.8) is 0 Å². The van der Waals surface area contributed by atoms with Crippen LogP contribution in [0.25, 0.3) is 0 Å². The van der Waals surface area contributed by atoms with Crippen LogP contribution in [0.15, 0.2) is 18.3 Å². The molecule has 0 spiro atoms. The Morgan fingerprint density at radius 1 is 1.19 bits per heavy atom. The van der Waals surface area contributed by atoms with Gasteiger partial charge in [0.2, 0.25) is 11.8 Å². The molecule has 1 N–H and O–H groups in total. The Labute approximate surface area is 158 Å². The second-order valence-corrected chi connectivity index (χ2v) is 7.17. The molecule has 1 aromatic heterocycles. The highest BCUT2D eigenvalue weighted by atomic mass is 16.5. The quantitative estimate of drug-likeness (QED) is 0.853. The van der Waals surface area contributed by atoms with Crippen LogP contribution < -0.4 is 5.32 Å². The van der Waals surface area contributed by atoms with E-state index in [9.17, 15) is 14.4 Å². The summed E-state index contributed by atoms with van der Waals surface area (Å²) in [5.74, 6) is -0.0918. The van der Waals surface area contributed by atoms with E-state index < -0.39 is 6.04 Å². The maximum Gasteiger partial charge on any atom is 0.255 e. The second-order valence-electron chi connectivity index (χ2n) is 7.17. The van der Waals surface area contributed by atoms with Crippen LogP contribution in [-0.2, 0) is 14.3 Å². The molecule has 2 fully saturated rings. The zero-order valence-electron chi connectivity index (χ0n) is 15.8. The van der Waals surface area contributed by atoms with Crippen molar-refractivity contribution in [1.82, 2.24) is 14.8 Å². The SMILES string of the molecule is CC(C)C(=O)N1CCCC1C(=O)Nc1ccc(C(=O)N2CCOCC2)cn1. The van der Waals surface area contributed by atoms with Gasteiger partial charge in [0.05, 0.1) is 18.8 Å². The monoisotopic (exact) mass is 374 g/mol. The van der Waals surface area contributed by atoms with Crippen LogP contribution in [0.2, 0.25) is 0 Å². The van der Waals surface area contributed by atoms with Gasteiger partial charge in [-0.2, -0.15) is 0 Å². The summed E-state index contributed by atoms with van der Waals surface area (Å²) >= 11 is 0. The number of pyridine rings is 1. The summed E-state index contributed by atoms with van der Waals surface area (Å²) in [6.07, 6.45) is 2.94. The van der Waals surface area contributed by atoms with E-state index in [1.807, 2.05) is 13.8 Å². The van der Waals surface area contributed by atoms with Crippen molar-refractivity contribution in [3.05, 3.63) is 23.9 Å². The molecule has 8 heteroatoms. The molecule has 2 aliphatic rings. The molecule has 2 saturated heterocycles. The minimum absolute atomic E-state index is 0.00735. The Hall–Kier alpha value is -2.48. The third-order valence-electron chi connectivity index (χ3n) is 4.89. The van der Waals surface area contributed by atoms with Crippen LogP contribution in [0.1, 0.15) is 37.0 Å². The normalized spacial score (nSPS) is 20.0. The van der Waals surface area contributed by atoms with Gasteiger partial charge in [0.15, 0.2) is 0 Å². The number of carbonyl (C=O) groups is 3. The lowest BCUT2D eigenvalue weighted by molar-refractivity contribution is -0.139. The molecule has 0 radical (unpaired) electrons. The number of ether oxygens (including phenoxy) is 1. The number of carbonyl (C=O) groups excluding carboxylic acids is 3. The lowest BCUT2D eigenvalue weighted by Crippen LogP contribution is -2.44. The minimum atomic E-state index is -0.462. The number of nitrogens with one attached hydrogen (secondary N) is 1. The van der Waals surface area contributed by atoms with Crippen molar-refractivity contribution in [2.24, 2.45) is 5.92 Å². The summed E-state index contributed by atoms with van der Waals surface area (Å²) in [4.78, 5) is 44.8. The second kappa shape index (κ2) is 8.47. The van der Waals surface area contributed by atoms with Gasteiger partial charge in [-0.3, -0.25) is 14.4 Å². The van der Waals surface area contributed by atoms with Gasteiger partial charge in [-0.05, 0) is 25.0 Å². The molecule has 2 aliphatic heterocycles. The number of hydrogen-bond acceptors (Lipinski definition) is 5. The fraction of sp³-hybridized carbons (Fsp3) is 0.579. The molecule has 3 amide bonds.